The molecule has 0 radical (unpaired) electrons. The molecule has 2 aliphatic rings. The molecule has 7 nitrogen and oxygen atoms in total. The van der Waals surface area contributed by atoms with Crippen molar-refractivity contribution < 1.29 is 19.8 Å². The zero-order valence-electron chi connectivity index (χ0n) is 12.1. The Balaban J connectivity index is 1.70. The number of benzene rings is 1. The van der Waals surface area contributed by atoms with Crippen LogP contribution in [0.3, 0.4) is 0 Å². The highest BCUT2D eigenvalue weighted by molar-refractivity contribution is 7.80. The van der Waals surface area contributed by atoms with Gasteiger partial charge >= 0.3 is 11.9 Å². The van der Waals surface area contributed by atoms with Crippen molar-refractivity contribution in [2.24, 2.45) is 23.5 Å². The third kappa shape index (κ3) is 2.64. The van der Waals surface area contributed by atoms with Gasteiger partial charge in [0.25, 0.3) is 0 Å². The van der Waals surface area contributed by atoms with E-state index in [1.54, 1.807) is 0 Å². The third-order valence-corrected chi connectivity index (χ3v) is 4.94. The average Bonchev–Trinajstić information content (AvgIpc) is 3.17. The molecule has 0 spiro atoms. The van der Waals surface area contributed by atoms with Crippen molar-refractivity contribution in [1.82, 2.24) is 5.32 Å². The number of hydrogen-bond donors (Lipinski definition) is 5. The number of carboxylic acids is 2. The molecule has 1 aromatic rings. The summed E-state index contributed by atoms with van der Waals surface area (Å²) in [5, 5.41) is 24.9. The Labute approximate surface area is 137 Å². The molecule has 3 rings (SSSR count). The first-order valence-corrected chi connectivity index (χ1v) is 7.63. The van der Waals surface area contributed by atoms with Crippen molar-refractivity contribution in [3.8, 4) is 0 Å². The number of rotatable bonds is 4. The van der Waals surface area contributed by atoms with Crippen LogP contribution in [0, 0.1) is 17.8 Å². The Morgan fingerprint density at radius 2 is 1.91 bits per heavy atom. The number of thiocarbonyl (C=S) groups is 1. The molecule has 2 saturated carbocycles. The van der Waals surface area contributed by atoms with Crippen LogP contribution in [0.4, 0.5) is 5.69 Å². The number of nitrogens with two attached hydrogens (primary N) is 1. The van der Waals surface area contributed by atoms with Crippen LogP contribution in [-0.4, -0.2) is 38.8 Å². The number of para-hydroxylation sites is 1. The molecule has 0 heterocycles. The van der Waals surface area contributed by atoms with E-state index >= 15 is 0 Å². The highest BCUT2D eigenvalue weighted by Crippen LogP contribution is 2.61. The lowest BCUT2D eigenvalue weighted by Gasteiger charge is -2.25. The fourth-order valence-corrected chi connectivity index (χ4v) is 3.96. The summed E-state index contributed by atoms with van der Waals surface area (Å²) in [7, 11) is 0. The smallest absolute Gasteiger partial charge is 0.324 e. The van der Waals surface area contributed by atoms with E-state index in [0.29, 0.717) is 5.11 Å². The van der Waals surface area contributed by atoms with Gasteiger partial charge in [-0.2, -0.15) is 0 Å². The second-order valence-electron chi connectivity index (χ2n) is 6.09. The third-order valence-electron chi connectivity index (χ3n) is 4.72. The van der Waals surface area contributed by atoms with E-state index in [4.69, 9.17) is 18.0 Å². The summed E-state index contributed by atoms with van der Waals surface area (Å²) < 4.78 is 0. The van der Waals surface area contributed by atoms with Gasteiger partial charge in [-0.05, 0) is 36.7 Å². The van der Waals surface area contributed by atoms with Crippen molar-refractivity contribution >= 4 is 35.0 Å². The van der Waals surface area contributed by atoms with Crippen molar-refractivity contribution in [1.29, 1.82) is 0 Å². The summed E-state index contributed by atoms with van der Waals surface area (Å²) in [6.45, 7) is 0. The number of carbonyl (C=O) groups is 2. The maximum atomic E-state index is 11.5. The molecule has 5 atom stereocenters. The van der Waals surface area contributed by atoms with E-state index in [1.165, 1.54) is 0 Å². The van der Waals surface area contributed by atoms with Crippen molar-refractivity contribution in [3.63, 3.8) is 0 Å². The molecule has 1 aromatic carbocycles. The summed E-state index contributed by atoms with van der Waals surface area (Å²) in [5.74, 6) is -3.78. The Kier molecular flexibility index (Phi) is 3.73. The summed E-state index contributed by atoms with van der Waals surface area (Å²) in [6, 6.07) is 8.90. The molecule has 8 heteroatoms. The quantitative estimate of drug-likeness (QED) is 0.503. The largest absolute Gasteiger partial charge is 0.481 e. The Hall–Kier alpha value is -2.19. The van der Waals surface area contributed by atoms with E-state index in [2.05, 4.69) is 10.6 Å². The van der Waals surface area contributed by atoms with Crippen LogP contribution in [0.25, 0.3) is 0 Å². The summed E-state index contributed by atoms with van der Waals surface area (Å²) in [6.07, 6.45) is 0.151. The van der Waals surface area contributed by atoms with Gasteiger partial charge in [0, 0.05) is 17.6 Å². The zero-order valence-corrected chi connectivity index (χ0v) is 12.9. The predicted molar refractivity (Wildman–Crippen MR) is 86.9 cm³/mol. The summed E-state index contributed by atoms with van der Waals surface area (Å²) >= 11 is 5.23. The molecule has 122 valence electrons. The first-order valence-electron chi connectivity index (χ1n) is 7.22. The van der Waals surface area contributed by atoms with E-state index < -0.39 is 29.3 Å². The van der Waals surface area contributed by atoms with Crippen molar-refractivity contribution in [3.05, 3.63) is 30.3 Å². The lowest BCUT2D eigenvalue weighted by atomic mass is 9.90. The molecule has 23 heavy (non-hydrogen) atoms. The normalized spacial score (nSPS) is 34.3. The Morgan fingerprint density at radius 1 is 1.26 bits per heavy atom. The van der Waals surface area contributed by atoms with Gasteiger partial charge in [0.05, 0.1) is 5.92 Å². The predicted octanol–water partition coefficient (Wildman–Crippen LogP) is 0.474. The maximum Gasteiger partial charge on any atom is 0.324 e. The van der Waals surface area contributed by atoms with Gasteiger partial charge in [-0.3, -0.25) is 9.59 Å². The second kappa shape index (κ2) is 5.47. The van der Waals surface area contributed by atoms with Crippen LogP contribution in [0.1, 0.15) is 6.42 Å². The lowest BCUT2D eigenvalue weighted by molar-refractivity contribution is -0.145. The molecular formula is C15H17N3O4S. The summed E-state index contributed by atoms with van der Waals surface area (Å²) in [4.78, 5) is 22.7. The topological polar surface area (TPSA) is 125 Å². The fraction of sp³-hybridized carbons (Fsp3) is 0.400. The molecule has 2 fully saturated rings. The van der Waals surface area contributed by atoms with Crippen LogP contribution in [-0.2, 0) is 9.59 Å². The molecule has 0 amide bonds. The number of hydrogen-bond acceptors (Lipinski definition) is 4. The average molecular weight is 335 g/mol. The number of fused-ring (bicyclic) bond motifs is 1. The highest BCUT2D eigenvalue weighted by Gasteiger charge is 2.74. The molecule has 0 aromatic heterocycles. The maximum absolute atomic E-state index is 11.5. The molecule has 6 N–H and O–H groups in total. The van der Waals surface area contributed by atoms with E-state index in [1.807, 2.05) is 30.3 Å². The Morgan fingerprint density at radius 3 is 2.48 bits per heavy atom. The minimum absolute atomic E-state index is 0.151. The molecule has 0 saturated heterocycles. The van der Waals surface area contributed by atoms with Gasteiger partial charge in [0.15, 0.2) is 5.11 Å². The van der Waals surface area contributed by atoms with Gasteiger partial charge in [0.1, 0.15) is 5.54 Å². The monoisotopic (exact) mass is 335 g/mol. The van der Waals surface area contributed by atoms with Crippen LogP contribution < -0.4 is 16.4 Å². The minimum atomic E-state index is -1.52. The van der Waals surface area contributed by atoms with Crippen LogP contribution in [0.15, 0.2) is 30.3 Å². The van der Waals surface area contributed by atoms with E-state index in [0.717, 1.165) is 5.69 Å². The number of nitrogens with one attached hydrogen (secondary N) is 2. The minimum Gasteiger partial charge on any atom is -0.481 e. The van der Waals surface area contributed by atoms with Crippen molar-refractivity contribution in [2.75, 3.05) is 5.32 Å². The van der Waals surface area contributed by atoms with Gasteiger partial charge in [-0.25, -0.2) is 0 Å². The second-order valence-corrected chi connectivity index (χ2v) is 6.50. The molecule has 2 aliphatic carbocycles. The molecular weight excluding hydrogens is 318 g/mol. The van der Waals surface area contributed by atoms with E-state index in [9.17, 15) is 19.8 Å². The van der Waals surface area contributed by atoms with Gasteiger partial charge in [-0.1, -0.05) is 18.2 Å². The summed E-state index contributed by atoms with van der Waals surface area (Å²) in [5.41, 5.74) is 5.24. The molecule has 0 bridgehead atoms. The van der Waals surface area contributed by atoms with Crippen LogP contribution in [0.2, 0.25) is 0 Å². The zero-order chi connectivity index (χ0) is 16.8. The van der Waals surface area contributed by atoms with Crippen molar-refractivity contribution in [2.45, 2.75) is 18.0 Å². The standard InChI is InChI=1S/C15H17N3O4S/c16-15(13(21)22)6-8(9-10(11(9)15)12(19)20)18-14(23)17-7-4-2-1-3-5-7/h1-5,8-11H,6,16H2,(H,19,20)(H,21,22)(H2,17,18,23). The van der Waals surface area contributed by atoms with Crippen LogP contribution >= 0.6 is 12.2 Å². The molecule has 0 aliphatic heterocycles. The van der Waals surface area contributed by atoms with Crippen LogP contribution in [0.5, 0.6) is 0 Å². The highest BCUT2D eigenvalue weighted by atomic mass is 32.1. The first kappa shape index (κ1) is 15.7. The number of anilines is 1. The SMILES string of the molecule is NC1(C(=O)O)CC(NC(=S)Nc2ccccc2)C2C(C(=O)O)C21. The van der Waals surface area contributed by atoms with Gasteiger partial charge in [0.2, 0.25) is 0 Å². The van der Waals surface area contributed by atoms with E-state index in [-0.39, 0.29) is 18.4 Å². The number of aliphatic carboxylic acids is 2. The lowest BCUT2D eigenvalue weighted by Crippen LogP contribution is -2.52. The van der Waals surface area contributed by atoms with Gasteiger partial charge in [-0.15, -0.1) is 0 Å². The Bertz CT molecular complexity index is 668. The fourth-order valence-electron chi connectivity index (χ4n) is 3.69. The molecule has 5 unspecified atom stereocenters. The number of carboxylic acid groups (broad SMARTS) is 2. The van der Waals surface area contributed by atoms with Gasteiger partial charge < -0.3 is 26.6 Å². The first-order chi connectivity index (χ1) is 10.8.